The number of benzene rings is 2. The van der Waals surface area contributed by atoms with Gasteiger partial charge in [-0.15, -0.1) is 0 Å². The van der Waals surface area contributed by atoms with E-state index < -0.39 is 0 Å². The van der Waals surface area contributed by atoms with Crippen LogP contribution in [0.1, 0.15) is 6.92 Å². The first-order chi connectivity index (χ1) is 11.2. The number of rotatable bonds is 7. The first kappa shape index (κ1) is 16.5. The lowest BCUT2D eigenvalue weighted by Crippen LogP contribution is -2.31. The molecule has 0 saturated carbocycles. The summed E-state index contributed by atoms with van der Waals surface area (Å²) in [6, 6.07) is 13.9. The van der Waals surface area contributed by atoms with Crippen molar-refractivity contribution in [3.05, 3.63) is 48.5 Å². The topological polar surface area (TPSA) is 68.8 Å². The largest absolute Gasteiger partial charge is 0.497 e. The van der Waals surface area contributed by atoms with Gasteiger partial charge in [0.2, 0.25) is 0 Å². The van der Waals surface area contributed by atoms with Crippen LogP contribution in [0, 0.1) is 0 Å². The second-order valence-corrected chi connectivity index (χ2v) is 4.55. The van der Waals surface area contributed by atoms with Crippen LogP contribution in [0.25, 0.3) is 0 Å². The van der Waals surface area contributed by atoms with Gasteiger partial charge in [0, 0.05) is 5.69 Å². The fourth-order valence-corrected chi connectivity index (χ4v) is 1.83. The number of hydrogen-bond acceptors (Lipinski definition) is 4. The second-order valence-electron chi connectivity index (χ2n) is 4.55. The van der Waals surface area contributed by atoms with Crippen LogP contribution < -0.4 is 24.8 Å². The minimum Gasteiger partial charge on any atom is -0.497 e. The predicted molar refractivity (Wildman–Crippen MR) is 88.3 cm³/mol. The van der Waals surface area contributed by atoms with Crippen LogP contribution in [-0.4, -0.2) is 26.5 Å². The molecule has 2 amide bonds. The van der Waals surface area contributed by atoms with Gasteiger partial charge < -0.3 is 24.8 Å². The summed E-state index contributed by atoms with van der Waals surface area (Å²) in [5.74, 6) is 2.16. The molecule has 6 heteroatoms. The zero-order valence-corrected chi connectivity index (χ0v) is 13.2. The summed E-state index contributed by atoms with van der Waals surface area (Å²) >= 11 is 0. The maximum Gasteiger partial charge on any atom is 0.321 e. The highest BCUT2D eigenvalue weighted by Crippen LogP contribution is 2.17. The highest BCUT2D eigenvalue weighted by molar-refractivity contribution is 5.89. The van der Waals surface area contributed by atoms with Gasteiger partial charge >= 0.3 is 6.03 Å². The first-order valence-electron chi connectivity index (χ1n) is 7.26. The van der Waals surface area contributed by atoms with E-state index in [-0.39, 0.29) is 12.8 Å². The van der Waals surface area contributed by atoms with Gasteiger partial charge in [-0.2, -0.15) is 0 Å². The molecule has 0 fully saturated rings. The van der Waals surface area contributed by atoms with Crippen LogP contribution in [0.4, 0.5) is 10.5 Å². The van der Waals surface area contributed by atoms with Gasteiger partial charge in [-0.25, -0.2) is 4.79 Å². The lowest BCUT2D eigenvalue weighted by molar-refractivity contribution is 0.234. The third kappa shape index (κ3) is 5.43. The van der Waals surface area contributed by atoms with E-state index in [2.05, 4.69) is 10.6 Å². The number of amides is 2. The molecule has 0 aliphatic rings. The lowest BCUT2D eigenvalue weighted by Gasteiger charge is -2.10. The molecule has 0 aromatic heterocycles. The smallest absolute Gasteiger partial charge is 0.321 e. The minimum absolute atomic E-state index is 0.0654. The third-order valence-corrected chi connectivity index (χ3v) is 2.95. The minimum atomic E-state index is -0.346. The summed E-state index contributed by atoms with van der Waals surface area (Å²) < 4.78 is 15.8. The van der Waals surface area contributed by atoms with Gasteiger partial charge in [-0.3, -0.25) is 0 Å². The fourth-order valence-electron chi connectivity index (χ4n) is 1.83. The van der Waals surface area contributed by atoms with Crippen molar-refractivity contribution in [2.75, 3.05) is 25.8 Å². The molecule has 0 heterocycles. The number of carbonyl (C=O) groups is 1. The van der Waals surface area contributed by atoms with Gasteiger partial charge in [0.25, 0.3) is 0 Å². The van der Waals surface area contributed by atoms with Crippen molar-refractivity contribution < 1.29 is 19.0 Å². The zero-order chi connectivity index (χ0) is 16.5. The van der Waals surface area contributed by atoms with Crippen LogP contribution >= 0.6 is 0 Å². The van der Waals surface area contributed by atoms with E-state index in [1.807, 2.05) is 19.1 Å². The Morgan fingerprint density at radius 1 is 0.913 bits per heavy atom. The molecule has 2 rings (SSSR count). The van der Waals surface area contributed by atoms with Crippen molar-refractivity contribution in [3.63, 3.8) is 0 Å². The Labute approximate surface area is 135 Å². The summed E-state index contributed by atoms with van der Waals surface area (Å²) in [5.41, 5.74) is 0.671. The van der Waals surface area contributed by atoms with Crippen molar-refractivity contribution in [2.24, 2.45) is 0 Å². The van der Waals surface area contributed by atoms with Crippen molar-refractivity contribution in [3.8, 4) is 17.2 Å². The second kappa shape index (κ2) is 8.53. The highest BCUT2D eigenvalue weighted by atomic mass is 16.5. The Kier molecular flexibility index (Phi) is 6.11. The Bertz CT molecular complexity index is 611. The Morgan fingerprint density at radius 3 is 2.04 bits per heavy atom. The average Bonchev–Trinajstić information content (AvgIpc) is 2.57. The molecular weight excluding hydrogens is 296 g/mol. The molecule has 2 N–H and O–H groups in total. The molecule has 0 unspecified atom stereocenters. The van der Waals surface area contributed by atoms with Gasteiger partial charge in [-0.1, -0.05) is 0 Å². The van der Waals surface area contributed by atoms with Crippen molar-refractivity contribution in [2.45, 2.75) is 6.92 Å². The number of ether oxygens (including phenoxy) is 3. The maximum atomic E-state index is 11.7. The molecule has 0 atom stereocenters. The first-order valence-corrected chi connectivity index (χ1v) is 7.26. The summed E-state index contributed by atoms with van der Waals surface area (Å²) in [6.45, 7) is 2.61. The zero-order valence-electron chi connectivity index (χ0n) is 13.2. The predicted octanol–water partition coefficient (Wildman–Crippen LogP) is 3.25. The van der Waals surface area contributed by atoms with Crippen LogP contribution in [0.15, 0.2) is 48.5 Å². The third-order valence-electron chi connectivity index (χ3n) is 2.95. The quantitative estimate of drug-likeness (QED) is 0.769. The van der Waals surface area contributed by atoms with Crippen LogP contribution in [0.5, 0.6) is 17.2 Å². The van der Waals surface area contributed by atoms with E-state index in [0.29, 0.717) is 18.0 Å². The molecule has 2 aromatic rings. The number of nitrogens with one attached hydrogen (secondary N) is 2. The molecule has 122 valence electrons. The van der Waals surface area contributed by atoms with E-state index in [1.54, 1.807) is 43.5 Å². The Balaban J connectivity index is 1.73. The summed E-state index contributed by atoms with van der Waals surface area (Å²) in [6.07, 6.45) is 0. The van der Waals surface area contributed by atoms with Crippen molar-refractivity contribution >= 4 is 11.7 Å². The van der Waals surface area contributed by atoms with Crippen molar-refractivity contribution in [1.29, 1.82) is 0 Å². The SMILES string of the molecule is CCOc1ccc(OCNC(=O)Nc2ccc(OC)cc2)cc1. The van der Waals surface area contributed by atoms with E-state index in [0.717, 1.165) is 11.5 Å². The average molecular weight is 316 g/mol. The van der Waals surface area contributed by atoms with E-state index in [1.165, 1.54) is 0 Å². The molecule has 6 nitrogen and oxygen atoms in total. The summed E-state index contributed by atoms with van der Waals surface area (Å²) in [7, 11) is 1.59. The summed E-state index contributed by atoms with van der Waals surface area (Å²) in [5, 5.41) is 5.31. The Morgan fingerprint density at radius 2 is 1.48 bits per heavy atom. The van der Waals surface area contributed by atoms with Gasteiger partial charge in [-0.05, 0) is 55.5 Å². The fraction of sp³-hybridized carbons (Fsp3) is 0.235. The van der Waals surface area contributed by atoms with Gasteiger partial charge in [0.05, 0.1) is 13.7 Å². The van der Waals surface area contributed by atoms with Crippen LogP contribution in [-0.2, 0) is 0 Å². The van der Waals surface area contributed by atoms with Crippen LogP contribution in [0.2, 0.25) is 0 Å². The normalized spacial score (nSPS) is 9.83. The molecule has 0 saturated heterocycles. The molecule has 23 heavy (non-hydrogen) atoms. The number of carbonyl (C=O) groups excluding carboxylic acids is 1. The molecule has 0 spiro atoms. The van der Waals surface area contributed by atoms with E-state index >= 15 is 0 Å². The number of urea groups is 1. The maximum absolute atomic E-state index is 11.7. The van der Waals surface area contributed by atoms with Gasteiger partial charge in [0.15, 0.2) is 6.73 Å². The van der Waals surface area contributed by atoms with Crippen molar-refractivity contribution in [1.82, 2.24) is 5.32 Å². The summed E-state index contributed by atoms with van der Waals surface area (Å²) in [4.78, 5) is 11.7. The van der Waals surface area contributed by atoms with E-state index in [9.17, 15) is 4.79 Å². The molecule has 0 aliphatic carbocycles. The highest BCUT2D eigenvalue weighted by Gasteiger charge is 2.02. The number of anilines is 1. The number of methoxy groups -OCH3 is 1. The standard InChI is InChI=1S/C17H20N2O4/c1-3-22-15-8-10-16(11-9-15)23-12-18-17(20)19-13-4-6-14(21-2)7-5-13/h4-11H,3,12H2,1-2H3,(H2,18,19,20). The molecule has 0 bridgehead atoms. The molecule has 0 radical (unpaired) electrons. The van der Waals surface area contributed by atoms with Crippen LogP contribution in [0.3, 0.4) is 0 Å². The molecular formula is C17H20N2O4. The monoisotopic (exact) mass is 316 g/mol. The molecule has 2 aromatic carbocycles. The van der Waals surface area contributed by atoms with Gasteiger partial charge in [0.1, 0.15) is 17.2 Å². The lowest BCUT2D eigenvalue weighted by atomic mass is 10.3. The van der Waals surface area contributed by atoms with E-state index in [4.69, 9.17) is 14.2 Å². The number of hydrogen-bond donors (Lipinski definition) is 2. The Hall–Kier alpha value is -2.89. The molecule has 0 aliphatic heterocycles.